The summed E-state index contributed by atoms with van der Waals surface area (Å²) in [6.45, 7) is 8.50. The van der Waals surface area contributed by atoms with Crippen LogP contribution in [0.25, 0.3) is 21.5 Å². The molecule has 1 saturated heterocycles. The van der Waals surface area contributed by atoms with Crippen molar-refractivity contribution in [2.45, 2.75) is 64.1 Å². The summed E-state index contributed by atoms with van der Waals surface area (Å²) in [5.74, 6) is 0.461. The van der Waals surface area contributed by atoms with Crippen LogP contribution >= 0.6 is 11.3 Å². The van der Waals surface area contributed by atoms with Crippen molar-refractivity contribution in [3.05, 3.63) is 76.9 Å². The molecule has 1 atom stereocenters. The highest BCUT2D eigenvalue weighted by Gasteiger charge is 2.47. The van der Waals surface area contributed by atoms with Gasteiger partial charge in [-0.25, -0.2) is 9.78 Å². The number of hydrogen-bond donors (Lipinski definition) is 1. The van der Waals surface area contributed by atoms with Crippen molar-refractivity contribution in [3.63, 3.8) is 0 Å². The van der Waals surface area contributed by atoms with Crippen molar-refractivity contribution >= 4 is 34.2 Å². The van der Waals surface area contributed by atoms with Crippen LogP contribution in [0, 0.1) is 6.92 Å². The first-order valence-corrected chi connectivity index (χ1v) is 14.8. The second-order valence-electron chi connectivity index (χ2n) is 11.9. The molecule has 1 aliphatic heterocycles. The first kappa shape index (κ1) is 27.2. The first-order valence-electron chi connectivity index (χ1n) is 14.0. The minimum atomic E-state index is -0.540. The molecule has 0 unspecified atom stereocenters. The Morgan fingerprint density at radius 1 is 1.12 bits per heavy atom. The van der Waals surface area contributed by atoms with Crippen LogP contribution in [-0.2, 0) is 10.3 Å². The van der Waals surface area contributed by atoms with E-state index < -0.39 is 11.1 Å². The van der Waals surface area contributed by atoms with Crippen LogP contribution in [0.1, 0.15) is 61.5 Å². The Labute approximate surface area is 243 Å². The number of hydrogen-bond acceptors (Lipinski definition) is 7. The number of aryl methyl sites for hydroxylation is 1. The average Bonchev–Trinajstić information content (AvgIpc) is 3.46. The number of carbonyl (C=O) groups is 2. The molecule has 212 valence electrons. The van der Waals surface area contributed by atoms with Crippen LogP contribution in [0.15, 0.2) is 60.2 Å². The fourth-order valence-corrected chi connectivity index (χ4v) is 5.87. The van der Waals surface area contributed by atoms with Crippen LogP contribution < -0.4 is 10.1 Å². The third-order valence-corrected chi connectivity index (χ3v) is 8.51. The number of amides is 2. The van der Waals surface area contributed by atoms with E-state index in [2.05, 4.69) is 33.5 Å². The van der Waals surface area contributed by atoms with Gasteiger partial charge in [-0.3, -0.25) is 9.78 Å². The molecule has 6 rings (SSSR count). The molecule has 41 heavy (non-hydrogen) atoms. The number of pyridine rings is 1. The SMILES string of the molecule is Cc1ccc(OC[C@@H]2CCN2C(=O)OC(C)(C)C)cc1C(=O)NC1(c2cc(-c3nccs3)cc3ncccc23)CC1. The molecule has 8 nitrogen and oxygen atoms in total. The lowest BCUT2D eigenvalue weighted by molar-refractivity contribution is -0.0141. The van der Waals surface area contributed by atoms with Crippen LogP contribution in [0.5, 0.6) is 5.75 Å². The van der Waals surface area contributed by atoms with Crippen molar-refractivity contribution in [2.75, 3.05) is 13.2 Å². The molecule has 3 heterocycles. The zero-order valence-electron chi connectivity index (χ0n) is 23.8. The summed E-state index contributed by atoms with van der Waals surface area (Å²) in [6, 6.07) is 13.7. The predicted octanol–water partition coefficient (Wildman–Crippen LogP) is 6.47. The van der Waals surface area contributed by atoms with E-state index in [0.29, 0.717) is 24.5 Å². The monoisotopic (exact) mass is 570 g/mol. The number of nitrogens with zero attached hydrogens (tertiary/aromatic N) is 3. The highest BCUT2D eigenvalue weighted by molar-refractivity contribution is 7.13. The Kier molecular flexibility index (Phi) is 6.93. The van der Waals surface area contributed by atoms with E-state index >= 15 is 0 Å². The molecular formula is C32H34N4O4S. The smallest absolute Gasteiger partial charge is 0.410 e. The Balaban J connectivity index is 1.19. The number of rotatable bonds is 7. The molecule has 0 spiro atoms. The van der Waals surface area contributed by atoms with Gasteiger partial charge in [-0.1, -0.05) is 12.1 Å². The molecule has 2 aliphatic rings. The fourth-order valence-electron chi connectivity index (χ4n) is 5.24. The van der Waals surface area contributed by atoms with Gasteiger partial charge in [-0.2, -0.15) is 0 Å². The van der Waals surface area contributed by atoms with E-state index in [4.69, 9.17) is 9.47 Å². The van der Waals surface area contributed by atoms with E-state index in [1.165, 1.54) is 0 Å². The van der Waals surface area contributed by atoms with Crippen LogP contribution in [-0.4, -0.2) is 51.7 Å². The maximum Gasteiger partial charge on any atom is 0.410 e. The molecule has 0 bridgehead atoms. The quantitative estimate of drug-likeness (QED) is 0.274. The second kappa shape index (κ2) is 10.4. The van der Waals surface area contributed by atoms with E-state index in [-0.39, 0.29) is 18.0 Å². The number of thiazole rings is 1. The maximum atomic E-state index is 13.7. The van der Waals surface area contributed by atoms with Gasteiger partial charge < -0.3 is 19.7 Å². The minimum Gasteiger partial charge on any atom is -0.491 e. The van der Waals surface area contributed by atoms with Crippen LogP contribution in [0.3, 0.4) is 0 Å². The van der Waals surface area contributed by atoms with Crippen LogP contribution in [0.2, 0.25) is 0 Å². The Morgan fingerprint density at radius 2 is 1.95 bits per heavy atom. The Hall–Kier alpha value is -3.98. The molecule has 2 aromatic heterocycles. The molecule has 1 N–H and O–H groups in total. The van der Waals surface area contributed by atoms with Gasteiger partial charge in [-0.05, 0) is 88.4 Å². The summed E-state index contributed by atoms with van der Waals surface area (Å²) in [5.41, 5.74) is 3.40. The van der Waals surface area contributed by atoms with Gasteiger partial charge in [0.15, 0.2) is 0 Å². The van der Waals surface area contributed by atoms with Crippen molar-refractivity contribution < 1.29 is 19.1 Å². The van der Waals surface area contributed by atoms with E-state index in [1.54, 1.807) is 34.7 Å². The summed E-state index contributed by atoms with van der Waals surface area (Å²) in [6.07, 6.45) is 5.82. The van der Waals surface area contributed by atoms with E-state index in [9.17, 15) is 9.59 Å². The molecule has 2 aromatic carbocycles. The molecule has 2 fully saturated rings. The third kappa shape index (κ3) is 5.63. The van der Waals surface area contributed by atoms with Gasteiger partial charge in [0.2, 0.25) is 0 Å². The largest absolute Gasteiger partial charge is 0.491 e. The van der Waals surface area contributed by atoms with Gasteiger partial charge in [-0.15, -0.1) is 11.3 Å². The van der Waals surface area contributed by atoms with Gasteiger partial charge in [0.05, 0.1) is 17.1 Å². The number of nitrogens with one attached hydrogen (secondary N) is 1. The molecule has 1 aliphatic carbocycles. The predicted molar refractivity (Wildman–Crippen MR) is 159 cm³/mol. The van der Waals surface area contributed by atoms with Gasteiger partial charge in [0.1, 0.15) is 23.0 Å². The minimum absolute atomic E-state index is 0.0508. The molecule has 1 saturated carbocycles. The number of likely N-dealkylation sites (tertiary alicyclic amines) is 1. The van der Waals surface area contributed by atoms with Gasteiger partial charge >= 0.3 is 6.09 Å². The maximum absolute atomic E-state index is 13.7. The highest BCUT2D eigenvalue weighted by atomic mass is 32.1. The Morgan fingerprint density at radius 3 is 2.63 bits per heavy atom. The standard InChI is InChI=1S/C32H34N4O4S/c1-20-7-8-23(39-19-22-9-14-36(22)30(38)40-31(2,3)4)18-25(20)28(37)35-32(10-11-32)26-16-21(29-34-13-15-41-29)17-27-24(26)6-5-12-33-27/h5-8,12-13,15-18,22H,9-11,14,19H2,1-4H3,(H,35,37)/t22-/m0/s1. The lowest BCUT2D eigenvalue weighted by Gasteiger charge is -2.41. The van der Waals surface area contributed by atoms with Crippen molar-refractivity contribution in [1.82, 2.24) is 20.2 Å². The summed E-state index contributed by atoms with van der Waals surface area (Å²) >= 11 is 1.59. The first-order chi connectivity index (χ1) is 19.6. The summed E-state index contributed by atoms with van der Waals surface area (Å²) < 4.78 is 11.6. The van der Waals surface area contributed by atoms with Crippen LogP contribution in [0.4, 0.5) is 4.79 Å². The van der Waals surface area contributed by atoms with E-state index in [1.807, 2.05) is 51.3 Å². The molecule has 0 radical (unpaired) electrons. The number of benzene rings is 2. The summed E-state index contributed by atoms with van der Waals surface area (Å²) in [5, 5.41) is 7.28. The number of carbonyl (C=O) groups excluding carboxylic acids is 2. The molecule has 9 heteroatoms. The normalized spacial score (nSPS) is 17.6. The van der Waals surface area contributed by atoms with E-state index in [0.717, 1.165) is 51.9 Å². The average molecular weight is 571 g/mol. The zero-order chi connectivity index (χ0) is 28.8. The summed E-state index contributed by atoms with van der Waals surface area (Å²) in [7, 11) is 0. The zero-order valence-corrected chi connectivity index (χ0v) is 24.6. The lowest BCUT2D eigenvalue weighted by atomic mass is 9.95. The Bertz CT molecular complexity index is 1610. The third-order valence-electron chi connectivity index (χ3n) is 7.69. The number of ether oxygens (including phenoxy) is 2. The highest BCUT2D eigenvalue weighted by Crippen LogP contribution is 2.49. The summed E-state index contributed by atoms with van der Waals surface area (Å²) in [4.78, 5) is 37.0. The van der Waals surface area contributed by atoms with Gasteiger partial charge in [0.25, 0.3) is 5.91 Å². The number of fused-ring (bicyclic) bond motifs is 1. The fraction of sp³-hybridized carbons (Fsp3) is 0.375. The lowest BCUT2D eigenvalue weighted by Crippen LogP contribution is -2.55. The van der Waals surface area contributed by atoms with Crippen molar-refractivity contribution in [3.8, 4) is 16.3 Å². The molecular weight excluding hydrogens is 536 g/mol. The molecule has 2 amide bonds. The second-order valence-corrected chi connectivity index (χ2v) is 12.8. The molecule has 4 aromatic rings. The van der Waals surface area contributed by atoms with Gasteiger partial charge in [0, 0.05) is 40.8 Å². The van der Waals surface area contributed by atoms with Crippen molar-refractivity contribution in [2.24, 2.45) is 0 Å². The topological polar surface area (TPSA) is 93.6 Å². The van der Waals surface area contributed by atoms with Crippen molar-refractivity contribution in [1.29, 1.82) is 0 Å². The number of aromatic nitrogens is 2.